The molecule has 2 fully saturated rings. The maximum absolute atomic E-state index is 12.7. The first-order chi connectivity index (χ1) is 13.0. The number of benzene rings is 1. The summed E-state index contributed by atoms with van der Waals surface area (Å²) >= 11 is 0. The monoisotopic (exact) mass is 371 g/mol. The number of hydrogen-bond acceptors (Lipinski definition) is 3. The standard InChI is InChI=1S/C22H33N3O2/c1-3-14(2)25-22(27)18-9-4-6-15(10-18)13-24-21(26)19-11-16-7-5-8-17(12-19)20(16)23/h4,6,9-10,14,16-17,19-20H,3,5,7-8,11-13,23H2,1-2H3,(H,24,26)(H,25,27). The van der Waals surface area contributed by atoms with E-state index in [-0.39, 0.29) is 29.8 Å². The molecule has 27 heavy (non-hydrogen) atoms. The molecule has 2 aliphatic rings. The quantitative estimate of drug-likeness (QED) is 0.719. The van der Waals surface area contributed by atoms with Gasteiger partial charge in [-0.25, -0.2) is 0 Å². The van der Waals surface area contributed by atoms with Crippen molar-refractivity contribution < 1.29 is 9.59 Å². The summed E-state index contributed by atoms with van der Waals surface area (Å²) in [5, 5.41) is 6.06. The van der Waals surface area contributed by atoms with E-state index >= 15 is 0 Å². The first-order valence-electron chi connectivity index (χ1n) is 10.4. The first-order valence-corrected chi connectivity index (χ1v) is 10.4. The highest BCUT2D eigenvalue weighted by molar-refractivity contribution is 5.94. The van der Waals surface area contributed by atoms with E-state index in [4.69, 9.17) is 5.73 Å². The second-order valence-electron chi connectivity index (χ2n) is 8.40. The zero-order valence-electron chi connectivity index (χ0n) is 16.5. The van der Waals surface area contributed by atoms with Crippen molar-refractivity contribution in [2.24, 2.45) is 23.5 Å². The Morgan fingerprint density at radius 3 is 2.59 bits per heavy atom. The number of carbonyl (C=O) groups is 2. The van der Waals surface area contributed by atoms with Gasteiger partial charge < -0.3 is 16.4 Å². The Morgan fingerprint density at radius 2 is 1.93 bits per heavy atom. The third kappa shape index (κ3) is 4.89. The molecule has 2 saturated carbocycles. The molecule has 5 nitrogen and oxygen atoms in total. The maximum Gasteiger partial charge on any atom is 0.251 e. The summed E-state index contributed by atoms with van der Waals surface area (Å²) < 4.78 is 0. The van der Waals surface area contributed by atoms with Gasteiger partial charge in [-0.05, 0) is 68.6 Å². The zero-order valence-corrected chi connectivity index (χ0v) is 16.5. The third-order valence-electron chi connectivity index (χ3n) is 6.43. The first kappa shape index (κ1) is 19.9. The molecule has 4 N–H and O–H groups in total. The Labute approximate surface area is 162 Å². The van der Waals surface area contributed by atoms with Crippen LogP contribution in [-0.2, 0) is 11.3 Å². The molecule has 3 atom stereocenters. The highest BCUT2D eigenvalue weighted by atomic mass is 16.2. The molecular formula is C22H33N3O2. The SMILES string of the molecule is CCC(C)NC(=O)c1cccc(CNC(=O)C2CC3CCCC(C2)C3N)c1. The van der Waals surface area contributed by atoms with Gasteiger partial charge in [0.15, 0.2) is 0 Å². The van der Waals surface area contributed by atoms with E-state index in [0.717, 1.165) is 37.7 Å². The second kappa shape index (κ2) is 8.87. The average molecular weight is 372 g/mol. The zero-order chi connectivity index (χ0) is 19.4. The predicted octanol–water partition coefficient (Wildman–Crippen LogP) is 2.98. The van der Waals surface area contributed by atoms with Crippen LogP contribution in [0, 0.1) is 17.8 Å². The van der Waals surface area contributed by atoms with Crippen molar-refractivity contribution in [1.82, 2.24) is 10.6 Å². The van der Waals surface area contributed by atoms with Gasteiger partial charge in [0, 0.05) is 30.1 Å². The van der Waals surface area contributed by atoms with Crippen LogP contribution in [0.15, 0.2) is 24.3 Å². The smallest absolute Gasteiger partial charge is 0.251 e. The fraction of sp³-hybridized carbons (Fsp3) is 0.636. The van der Waals surface area contributed by atoms with Crippen molar-refractivity contribution in [1.29, 1.82) is 0 Å². The third-order valence-corrected chi connectivity index (χ3v) is 6.43. The molecule has 0 aromatic heterocycles. The second-order valence-corrected chi connectivity index (χ2v) is 8.40. The van der Waals surface area contributed by atoms with E-state index in [2.05, 4.69) is 10.6 Å². The molecule has 3 rings (SSSR count). The van der Waals surface area contributed by atoms with Crippen LogP contribution in [0.1, 0.15) is 68.3 Å². The Morgan fingerprint density at radius 1 is 1.22 bits per heavy atom. The molecule has 2 aliphatic carbocycles. The van der Waals surface area contributed by atoms with E-state index in [1.54, 1.807) is 0 Å². The van der Waals surface area contributed by atoms with Crippen molar-refractivity contribution in [2.45, 2.75) is 71.0 Å². The fourth-order valence-corrected chi connectivity index (χ4v) is 4.57. The summed E-state index contributed by atoms with van der Waals surface area (Å²) in [7, 11) is 0. The molecule has 1 aromatic carbocycles. The highest BCUT2D eigenvalue weighted by Gasteiger charge is 2.40. The largest absolute Gasteiger partial charge is 0.352 e. The van der Waals surface area contributed by atoms with Crippen LogP contribution in [0.4, 0.5) is 0 Å². The number of amides is 2. The summed E-state index contributed by atoms with van der Waals surface area (Å²) in [4.78, 5) is 25.0. The van der Waals surface area contributed by atoms with E-state index < -0.39 is 0 Å². The number of rotatable bonds is 6. The summed E-state index contributed by atoms with van der Waals surface area (Å²) in [5.41, 5.74) is 7.92. The minimum atomic E-state index is -0.0633. The Bertz CT molecular complexity index is 661. The molecule has 0 spiro atoms. The molecule has 3 unspecified atom stereocenters. The molecule has 2 bridgehead atoms. The van der Waals surface area contributed by atoms with Crippen LogP contribution >= 0.6 is 0 Å². The van der Waals surface area contributed by atoms with Crippen molar-refractivity contribution >= 4 is 11.8 Å². The molecule has 5 heteroatoms. The van der Waals surface area contributed by atoms with Crippen LogP contribution in [0.25, 0.3) is 0 Å². The predicted molar refractivity (Wildman–Crippen MR) is 107 cm³/mol. The molecule has 0 radical (unpaired) electrons. The number of nitrogens with one attached hydrogen (secondary N) is 2. The van der Waals surface area contributed by atoms with Gasteiger partial charge in [-0.1, -0.05) is 25.5 Å². The summed E-state index contributed by atoms with van der Waals surface area (Å²) in [5.74, 6) is 1.15. The molecule has 148 valence electrons. The van der Waals surface area contributed by atoms with Gasteiger partial charge in [0.05, 0.1) is 0 Å². The Hall–Kier alpha value is -1.88. The van der Waals surface area contributed by atoms with Crippen molar-refractivity contribution in [3.8, 4) is 0 Å². The Kier molecular flexibility index (Phi) is 6.53. The van der Waals surface area contributed by atoms with Crippen LogP contribution in [0.5, 0.6) is 0 Å². The van der Waals surface area contributed by atoms with Crippen molar-refractivity contribution in [3.05, 3.63) is 35.4 Å². The maximum atomic E-state index is 12.7. The summed E-state index contributed by atoms with van der Waals surface area (Å²) in [6, 6.07) is 7.93. The molecule has 0 heterocycles. The fourth-order valence-electron chi connectivity index (χ4n) is 4.57. The molecule has 2 amide bonds. The minimum Gasteiger partial charge on any atom is -0.352 e. The minimum absolute atomic E-state index is 0.0633. The topological polar surface area (TPSA) is 84.2 Å². The van der Waals surface area contributed by atoms with Gasteiger partial charge in [0.1, 0.15) is 0 Å². The molecular weight excluding hydrogens is 338 g/mol. The summed E-state index contributed by atoms with van der Waals surface area (Å²) in [6.07, 6.45) is 6.31. The number of carbonyl (C=O) groups excluding carboxylic acids is 2. The van der Waals surface area contributed by atoms with Gasteiger partial charge in [0.25, 0.3) is 5.91 Å². The highest BCUT2D eigenvalue weighted by Crippen LogP contribution is 2.41. The number of fused-ring (bicyclic) bond motifs is 2. The number of nitrogens with two attached hydrogens (primary N) is 1. The van der Waals surface area contributed by atoms with Crippen LogP contribution in [0.2, 0.25) is 0 Å². The normalized spacial score (nSPS) is 28.3. The van der Waals surface area contributed by atoms with Crippen molar-refractivity contribution in [3.63, 3.8) is 0 Å². The van der Waals surface area contributed by atoms with Crippen LogP contribution < -0.4 is 16.4 Å². The van der Waals surface area contributed by atoms with Crippen molar-refractivity contribution in [2.75, 3.05) is 0 Å². The van der Waals surface area contributed by atoms with E-state index in [1.165, 1.54) is 6.42 Å². The lowest BCUT2D eigenvalue weighted by molar-refractivity contribution is -0.128. The lowest BCUT2D eigenvalue weighted by Crippen LogP contribution is -2.49. The van der Waals surface area contributed by atoms with Gasteiger partial charge in [-0.15, -0.1) is 0 Å². The lowest BCUT2D eigenvalue weighted by Gasteiger charge is -2.43. The molecule has 0 saturated heterocycles. The van der Waals surface area contributed by atoms with Gasteiger partial charge in [-0.3, -0.25) is 9.59 Å². The van der Waals surface area contributed by atoms with E-state index in [1.807, 2.05) is 38.1 Å². The number of hydrogen-bond donors (Lipinski definition) is 3. The lowest BCUT2D eigenvalue weighted by atomic mass is 9.65. The Balaban J connectivity index is 1.55. The van der Waals surface area contributed by atoms with E-state index in [9.17, 15) is 9.59 Å². The van der Waals surface area contributed by atoms with Crippen LogP contribution in [0.3, 0.4) is 0 Å². The van der Waals surface area contributed by atoms with Crippen LogP contribution in [-0.4, -0.2) is 23.9 Å². The van der Waals surface area contributed by atoms with Gasteiger partial charge in [0.2, 0.25) is 5.91 Å². The van der Waals surface area contributed by atoms with Gasteiger partial charge >= 0.3 is 0 Å². The van der Waals surface area contributed by atoms with E-state index in [0.29, 0.717) is 23.9 Å². The van der Waals surface area contributed by atoms with Gasteiger partial charge in [-0.2, -0.15) is 0 Å². The molecule has 0 aliphatic heterocycles. The molecule has 1 aromatic rings. The average Bonchev–Trinajstić information content (AvgIpc) is 2.66. The summed E-state index contributed by atoms with van der Waals surface area (Å²) in [6.45, 7) is 4.50.